The van der Waals surface area contributed by atoms with Gasteiger partial charge in [-0.25, -0.2) is 0 Å². The standard InChI is InChI=1S/C42H58O4/c1-8-10-12-14-28-22-35(43)38-31-21-27(4)17-19-34(31)42(7,46-36(38)23-28)25-32-29(15-13-11-9-2)24-37-39(40(32)44)30-20-26(3)16-18-33(30)41(5,6)45-37/h16-17,22-24,30-31,33-34,43-44H,8-15,18-21,25H2,1-7H3/t30-,31-,33+,34-,42?/m1/s1. The number of benzene rings is 2. The molecule has 2 N–H and O–H groups in total. The molecule has 4 heteroatoms. The van der Waals surface area contributed by atoms with Gasteiger partial charge in [-0.05, 0) is 115 Å². The van der Waals surface area contributed by atoms with Crippen LogP contribution in [0, 0.1) is 11.8 Å². The number of allylic oxidation sites excluding steroid dienone is 4. The lowest BCUT2D eigenvalue weighted by Gasteiger charge is -2.50. The van der Waals surface area contributed by atoms with Gasteiger partial charge in [0.15, 0.2) is 0 Å². The van der Waals surface area contributed by atoms with Crippen molar-refractivity contribution in [2.45, 2.75) is 155 Å². The molecule has 0 radical (unpaired) electrons. The minimum atomic E-state index is -0.537. The molecule has 46 heavy (non-hydrogen) atoms. The highest BCUT2D eigenvalue weighted by molar-refractivity contribution is 5.59. The number of ether oxygens (including phenoxy) is 2. The van der Waals surface area contributed by atoms with Gasteiger partial charge in [-0.15, -0.1) is 0 Å². The van der Waals surface area contributed by atoms with Gasteiger partial charge in [-0.1, -0.05) is 62.8 Å². The highest BCUT2D eigenvalue weighted by atomic mass is 16.5. The van der Waals surface area contributed by atoms with E-state index in [2.05, 4.69) is 72.8 Å². The van der Waals surface area contributed by atoms with E-state index in [0.717, 1.165) is 98.0 Å². The van der Waals surface area contributed by atoms with E-state index in [1.54, 1.807) is 0 Å². The van der Waals surface area contributed by atoms with Crippen molar-refractivity contribution in [3.63, 3.8) is 0 Å². The third-order valence-electron chi connectivity index (χ3n) is 12.0. The van der Waals surface area contributed by atoms with Gasteiger partial charge in [0.25, 0.3) is 0 Å². The predicted octanol–water partition coefficient (Wildman–Crippen LogP) is 11.0. The Morgan fingerprint density at radius 2 is 1.35 bits per heavy atom. The Morgan fingerprint density at radius 3 is 2.02 bits per heavy atom. The van der Waals surface area contributed by atoms with Crippen LogP contribution >= 0.6 is 0 Å². The van der Waals surface area contributed by atoms with E-state index >= 15 is 0 Å². The molecule has 2 aliphatic carbocycles. The fraction of sp³-hybridized carbons (Fsp3) is 0.619. The SMILES string of the molecule is CCCCCc1cc(O)c2c(c1)OC(C)(Cc1c(CCCCC)cc3c(c1O)[C@@H]1CC(C)=CC[C@@H]1C(C)(C)O3)[C@@H]1CC=C(C)C[C@@H]21. The van der Waals surface area contributed by atoms with Gasteiger partial charge in [-0.2, -0.15) is 0 Å². The fourth-order valence-electron chi connectivity index (χ4n) is 9.41. The van der Waals surface area contributed by atoms with Crippen LogP contribution in [0.25, 0.3) is 0 Å². The summed E-state index contributed by atoms with van der Waals surface area (Å²) in [6.07, 6.45) is 17.9. The summed E-state index contributed by atoms with van der Waals surface area (Å²) in [6.45, 7) is 15.6. The second-order valence-corrected chi connectivity index (χ2v) is 15.9. The summed E-state index contributed by atoms with van der Waals surface area (Å²) in [5.74, 6) is 3.50. The fourth-order valence-corrected chi connectivity index (χ4v) is 9.41. The minimum absolute atomic E-state index is 0.186. The second-order valence-electron chi connectivity index (χ2n) is 15.9. The third kappa shape index (κ3) is 6.11. The summed E-state index contributed by atoms with van der Waals surface area (Å²) in [4.78, 5) is 0. The lowest BCUT2D eigenvalue weighted by atomic mass is 9.64. The maximum absolute atomic E-state index is 12.4. The Bertz CT molecular complexity index is 1510. The zero-order valence-electron chi connectivity index (χ0n) is 29.6. The zero-order valence-corrected chi connectivity index (χ0v) is 29.6. The molecule has 0 spiro atoms. The summed E-state index contributed by atoms with van der Waals surface area (Å²) in [5.41, 5.74) is 7.35. The number of hydrogen-bond donors (Lipinski definition) is 2. The van der Waals surface area contributed by atoms with Crippen LogP contribution < -0.4 is 9.47 Å². The van der Waals surface area contributed by atoms with Crippen LogP contribution in [0.5, 0.6) is 23.0 Å². The summed E-state index contributed by atoms with van der Waals surface area (Å²) in [6, 6.07) is 6.48. The second kappa shape index (κ2) is 13.0. The summed E-state index contributed by atoms with van der Waals surface area (Å²) in [5, 5.41) is 23.9. The Hall–Kier alpha value is -2.88. The Kier molecular flexibility index (Phi) is 9.31. The van der Waals surface area contributed by atoms with Gasteiger partial charge in [0.05, 0.1) is 0 Å². The maximum atomic E-state index is 12.4. The molecule has 0 bridgehead atoms. The van der Waals surface area contributed by atoms with Gasteiger partial charge in [0.2, 0.25) is 0 Å². The first-order chi connectivity index (χ1) is 22.0. The average Bonchev–Trinajstić information content (AvgIpc) is 2.98. The van der Waals surface area contributed by atoms with Crippen LogP contribution in [0.3, 0.4) is 0 Å². The van der Waals surface area contributed by atoms with E-state index in [0.29, 0.717) is 23.8 Å². The minimum Gasteiger partial charge on any atom is -0.508 e. The van der Waals surface area contributed by atoms with Crippen LogP contribution in [0.15, 0.2) is 41.5 Å². The molecule has 0 amide bonds. The van der Waals surface area contributed by atoms with E-state index in [9.17, 15) is 10.2 Å². The topological polar surface area (TPSA) is 58.9 Å². The molecular weight excluding hydrogens is 568 g/mol. The first kappa shape index (κ1) is 33.0. The van der Waals surface area contributed by atoms with Crippen molar-refractivity contribution < 1.29 is 19.7 Å². The summed E-state index contributed by atoms with van der Waals surface area (Å²) < 4.78 is 13.9. The number of aromatic hydroxyl groups is 2. The smallest absolute Gasteiger partial charge is 0.127 e. The summed E-state index contributed by atoms with van der Waals surface area (Å²) in [7, 11) is 0. The van der Waals surface area contributed by atoms with Crippen molar-refractivity contribution in [1.82, 2.24) is 0 Å². The van der Waals surface area contributed by atoms with Crippen molar-refractivity contribution >= 4 is 0 Å². The summed E-state index contributed by atoms with van der Waals surface area (Å²) >= 11 is 0. The third-order valence-corrected chi connectivity index (χ3v) is 12.0. The van der Waals surface area contributed by atoms with Crippen LogP contribution in [0.4, 0.5) is 0 Å². The number of phenols is 2. The van der Waals surface area contributed by atoms with E-state index in [1.807, 2.05) is 6.07 Å². The van der Waals surface area contributed by atoms with E-state index in [1.165, 1.54) is 29.6 Å². The quantitative estimate of drug-likeness (QED) is 0.203. The van der Waals surface area contributed by atoms with Gasteiger partial charge >= 0.3 is 0 Å². The number of fused-ring (bicyclic) bond motifs is 6. The van der Waals surface area contributed by atoms with Crippen molar-refractivity contribution in [3.05, 3.63) is 69.3 Å². The molecule has 250 valence electrons. The molecule has 4 nitrogen and oxygen atoms in total. The highest BCUT2D eigenvalue weighted by Crippen LogP contribution is 2.58. The molecule has 2 aromatic carbocycles. The van der Waals surface area contributed by atoms with Crippen LogP contribution in [-0.2, 0) is 19.3 Å². The van der Waals surface area contributed by atoms with Gasteiger partial charge < -0.3 is 19.7 Å². The Labute approximate surface area is 278 Å². The lowest BCUT2D eigenvalue weighted by molar-refractivity contribution is -0.00979. The molecule has 0 saturated carbocycles. The normalized spacial score (nSPS) is 27.6. The molecule has 0 fully saturated rings. The van der Waals surface area contributed by atoms with Crippen molar-refractivity contribution in [2.24, 2.45) is 11.8 Å². The van der Waals surface area contributed by atoms with Crippen LogP contribution in [0.2, 0.25) is 0 Å². The largest absolute Gasteiger partial charge is 0.508 e. The number of rotatable bonds is 10. The average molecular weight is 627 g/mol. The molecule has 0 aromatic heterocycles. The van der Waals surface area contributed by atoms with Crippen molar-refractivity contribution in [3.8, 4) is 23.0 Å². The monoisotopic (exact) mass is 626 g/mol. The predicted molar refractivity (Wildman–Crippen MR) is 189 cm³/mol. The van der Waals surface area contributed by atoms with E-state index in [4.69, 9.17) is 9.47 Å². The van der Waals surface area contributed by atoms with E-state index in [-0.39, 0.29) is 23.4 Å². The molecule has 5 atom stereocenters. The molecular formula is C42H58O4. The number of aryl methyl sites for hydroxylation is 2. The van der Waals surface area contributed by atoms with Crippen molar-refractivity contribution in [1.29, 1.82) is 0 Å². The zero-order chi connectivity index (χ0) is 32.8. The number of phenolic OH excluding ortho intramolecular Hbond substituents is 2. The van der Waals surface area contributed by atoms with Crippen LogP contribution in [0.1, 0.15) is 152 Å². The van der Waals surface area contributed by atoms with Gasteiger partial charge in [0, 0.05) is 46.8 Å². The molecule has 1 unspecified atom stereocenters. The molecule has 6 rings (SSSR count). The molecule has 4 aliphatic rings. The first-order valence-electron chi connectivity index (χ1n) is 18.4. The molecule has 0 saturated heterocycles. The molecule has 2 heterocycles. The Balaban J connectivity index is 1.45. The van der Waals surface area contributed by atoms with Gasteiger partial charge in [-0.3, -0.25) is 0 Å². The van der Waals surface area contributed by atoms with Crippen LogP contribution in [-0.4, -0.2) is 21.4 Å². The Morgan fingerprint density at radius 1 is 0.739 bits per heavy atom. The first-order valence-corrected chi connectivity index (χ1v) is 18.4. The van der Waals surface area contributed by atoms with E-state index < -0.39 is 5.60 Å². The number of hydrogen-bond acceptors (Lipinski definition) is 4. The lowest BCUT2D eigenvalue weighted by Crippen LogP contribution is -2.50. The maximum Gasteiger partial charge on any atom is 0.127 e. The van der Waals surface area contributed by atoms with Crippen molar-refractivity contribution in [2.75, 3.05) is 0 Å². The highest BCUT2D eigenvalue weighted by Gasteiger charge is 2.51. The van der Waals surface area contributed by atoms with Gasteiger partial charge in [0.1, 0.15) is 34.2 Å². The number of unbranched alkanes of at least 4 members (excludes halogenated alkanes) is 4. The molecule has 2 aliphatic heterocycles. The molecule has 2 aromatic rings.